The third-order valence-electron chi connectivity index (χ3n) is 4.01. The Kier molecular flexibility index (Phi) is 4.91. The molecule has 0 saturated heterocycles. The summed E-state index contributed by atoms with van der Waals surface area (Å²) in [5.41, 5.74) is 1.29. The van der Waals surface area contributed by atoms with Crippen molar-refractivity contribution in [1.82, 2.24) is 5.32 Å². The van der Waals surface area contributed by atoms with Crippen molar-refractivity contribution in [1.29, 1.82) is 0 Å². The molecule has 1 aliphatic rings. The molecule has 1 aromatic rings. The molecular weight excluding hydrogens is 302 g/mol. The zero-order chi connectivity index (χ0) is 13.9. The van der Waals surface area contributed by atoms with Gasteiger partial charge in [0.15, 0.2) is 0 Å². The number of rotatable bonds is 5. The van der Waals surface area contributed by atoms with Gasteiger partial charge < -0.3 is 10.1 Å². The first-order valence-electron chi connectivity index (χ1n) is 7.30. The lowest BCUT2D eigenvalue weighted by atomic mass is 9.81. The van der Waals surface area contributed by atoms with Crippen LogP contribution < -0.4 is 10.1 Å². The van der Waals surface area contributed by atoms with Gasteiger partial charge in [0.1, 0.15) is 11.4 Å². The van der Waals surface area contributed by atoms with E-state index in [1.165, 1.54) is 18.4 Å². The molecule has 2 rings (SSSR count). The minimum Gasteiger partial charge on any atom is -0.487 e. The summed E-state index contributed by atoms with van der Waals surface area (Å²) in [7, 11) is 2.04. The Labute approximate surface area is 125 Å². The van der Waals surface area contributed by atoms with Crippen LogP contribution in [-0.2, 0) is 0 Å². The second-order valence-electron chi connectivity index (χ2n) is 5.51. The summed E-state index contributed by atoms with van der Waals surface area (Å²) in [6, 6.07) is 6.74. The van der Waals surface area contributed by atoms with Gasteiger partial charge in [-0.15, -0.1) is 0 Å². The van der Waals surface area contributed by atoms with Gasteiger partial charge in [0.2, 0.25) is 0 Å². The molecule has 3 heteroatoms. The molecule has 0 fully saturated rings. The van der Waals surface area contributed by atoms with Crippen LogP contribution in [0.5, 0.6) is 5.75 Å². The fourth-order valence-corrected chi connectivity index (χ4v) is 3.62. The van der Waals surface area contributed by atoms with E-state index in [4.69, 9.17) is 4.74 Å². The molecule has 106 valence electrons. The SMILES string of the molecule is CCCC1(CCC)CC(NC)c2cc(Br)ccc2O1. The van der Waals surface area contributed by atoms with Crippen molar-refractivity contribution in [3.8, 4) is 5.75 Å². The summed E-state index contributed by atoms with van der Waals surface area (Å²) in [4.78, 5) is 0. The zero-order valence-electron chi connectivity index (χ0n) is 12.1. The van der Waals surface area contributed by atoms with Crippen molar-refractivity contribution in [3.63, 3.8) is 0 Å². The Morgan fingerprint density at radius 2 is 2.00 bits per heavy atom. The fourth-order valence-electron chi connectivity index (χ4n) is 3.24. The molecule has 1 heterocycles. The van der Waals surface area contributed by atoms with E-state index in [-0.39, 0.29) is 5.60 Å². The van der Waals surface area contributed by atoms with Crippen LogP contribution in [-0.4, -0.2) is 12.6 Å². The second kappa shape index (κ2) is 6.27. The highest BCUT2D eigenvalue weighted by Crippen LogP contribution is 2.44. The number of fused-ring (bicyclic) bond motifs is 1. The van der Waals surface area contributed by atoms with E-state index >= 15 is 0 Å². The van der Waals surface area contributed by atoms with Gasteiger partial charge in [-0.2, -0.15) is 0 Å². The smallest absolute Gasteiger partial charge is 0.125 e. The number of halogens is 1. The summed E-state index contributed by atoms with van der Waals surface area (Å²) in [5.74, 6) is 1.05. The normalized spacial score (nSPS) is 20.7. The Morgan fingerprint density at radius 3 is 2.58 bits per heavy atom. The van der Waals surface area contributed by atoms with Crippen molar-refractivity contribution in [2.75, 3.05) is 7.05 Å². The maximum absolute atomic E-state index is 6.43. The highest BCUT2D eigenvalue weighted by molar-refractivity contribution is 9.10. The number of hydrogen-bond acceptors (Lipinski definition) is 2. The van der Waals surface area contributed by atoms with Gasteiger partial charge in [0.25, 0.3) is 0 Å². The molecule has 1 unspecified atom stereocenters. The van der Waals surface area contributed by atoms with Crippen LogP contribution in [0.3, 0.4) is 0 Å². The quantitative estimate of drug-likeness (QED) is 0.837. The highest BCUT2D eigenvalue weighted by atomic mass is 79.9. The lowest BCUT2D eigenvalue weighted by Gasteiger charge is -2.42. The molecule has 19 heavy (non-hydrogen) atoms. The van der Waals surface area contributed by atoms with Crippen LogP contribution in [0.25, 0.3) is 0 Å². The third-order valence-corrected chi connectivity index (χ3v) is 4.50. The summed E-state index contributed by atoms with van der Waals surface area (Å²) < 4.78 is 7.55. The van der Waals surface area contributed by atoms with Gasteiger partial charge >= 0.3 is 0 Å². The van der Waals surface area contributed by atoms with Crippen LogP contribution in [0, 0.1) is 0 Å². The van der Waals surface area contributed by atoms with Gasteiger partial charge in [-0.1, -0.05) is 42.6 Å². The van der Waals surface area contributed by atoms with Crippen molar-refractivity contribution in [2.24, 2.45) is 0 Å². The summed E-state index contributed by atoms with van der Waals surface area (Å²) in [6.07, 6.45) is 5.67. The molecule has 2 nitrogen and oxygen atoms in total. The maximum atomic E-state index is 6.43. The average molecular weight is 326 g/mol. The van der Waals surface area contributed by atoms with Crippen LogP contribution >= 0.6 is 15.9 Å². The van der Waals surface area contributed by atoms with Crippen LogP contribution in [0.1, 0.15) is 57.6 Å². The van der Waals surface area contributed by atoms with E-state index < -0.39 is 0 Å². The lowest BCUT2D eigenvalue weighted by Crippen LogP contribution is -2.43. The summed E-state index contributed by atoms with van der Waals surface area (Å²) in [5, 5.41) is 3.46. The highest BCUT2D eigenvalue weighted by Gasteiger charge is 2.39. The van der Waals surface area contributed by atoms with E-state index in [1.54, 1.807) is 0 Å². The molecule has 1 aliphatic heterocycles. The van der Waals surface area contributed by atoms with Gasteiger partial charge in [-0.3, -0.25) is 0 Å². The van der Waals surface area contributed by atoms with Crippen LogP contribution in [0.15, 0.2) is 22.7 Å². The van der Waals surface area contributed by atoms with Crippen molar-refractivity contribution >= 4 is 15.9 Å². The fraction of sp³-hybridized carbons (Fsp3) is 0.625. The molecule has 1 aromatic carbocycles. The summed E-state index contributed by atoms with van der Waals surface area (Å²) in [6.45, 7) is 4.48. The molecule has 0 spiro atoms. The molecule has 0 bridgehead atoms. The largest absolute Gasteiger partial charge is 0.487 e. The second-order valence-corrected chi connectivity index (χ2v) is 6.43. The van der Waals surface area contributed by atoms with E-state index in [0.717, 1.165) is 29.5 Å². The molecule has 0 radical (unpaired) electrons. The monoisotopic (exact) mass is 325 g/mol. The maximum Gasteiger partial charge on any atom is 0.125 e. The first-order chi connectivity index (χ1) is 9.14. The van der Waals surface area contributed by atoms with E-state index in [1.807, 2.05) is 7.05 Å². The van der Waals surface area contributed by atoms with Crippen molar-refractivity contribution in [2.45, 2.75) is 57.6 Å². The molecule has 1 N–H and O–H groups in total. The Hall–Kier alpha value is -0.540. The lowest BCUT2D eigenvalue weighted by molar-refractivity contribution is 0.0138. The number of ether oxygens (including phenoxy) is 1. The van der Waals surface area contributed by atoms with Gasteiger partial charge in [0, 0.05) is 22.5 Å². The molecule has 0 amide bonds. The molecule has 1 atom stereocenters. The number of benzene rings is 1. The predicted octanol–water partition coefficient (Wildman–Crippen LogP) is 4.83. The Morgan fingerprint density at radius 1 is 1.32 bits per heavy atom. The van der Waals surface area contributed by atoms with Gasteiger partial charge in [-0.05, 0) is 38.1 Å². The number of hydrogen-bond donors (Lipinski definition) is 1. The minimum atomic E-state index is 0.0119. The first kappa shape index (κ1) is 14.9. The first-order valence-corrected chi connectivity index (χ1v) is 8.09. The number of nitrogens with one attached hydrogen (secondary N) is 1. The van der Waals surface area contributed by atoms with Gasteiger partial charge in [0.05, 0.1) is 0 Å². The van der Waals surface area contributed by atoms with E-state index in [9.17, 15) is 0 Å². The molecule has 0 saturated carbocycles. The van der Waals surface area contributed by atoms with Crippen LogP contribution in [0.4, 0.5) is 0 Å². The van der Waals surface area contributed by atoms with Crippen molar-refractivity contribution < 1.29 is 4.74 Å². The van der Waals surface area contributed by atoms with E-state index in [2.05, 4.69) is 53.3 Å². The topological polar surface area (TPSA) is 21.3 Å². The molecular formula is C16H24BrNO. The van der Waals surface area contributed by atoms with Gasteiger partial charge in [-0.25, -0.2) is 0 Å². The van der Waals surface area contributed by atoms with Crippen LogP contribution in [0.2, 0.25) is 0 Å². The van der Waals surface area contributed by atoms with E-state index in [0.29, 0.717) is 6.04 Å². The Bertz CT molecular complexity index is 427. The minimum absolute atomic E-state index is 0.0119. The summed E-state index contributed by atoms with van der Waals surface area (Å²) >= 11 is 3.55. The molecule has 0 aromatic heterocycles. The average Bonchev–Trinajstić information content (AvgIpc) is 2.39. The third kappa shape index (κ3) is 3.14. The molecule has 0 aliphatic carbocycles. The standard InChI is InChI=1S/C16H24BrNO/c1-4-8-16(9-5-2)11-14(18-3)13-10-12(17)6-7-15(13)19-16/h6-7,10,14,18H,4-5,8-9,11H2,1-3H3. The Balaban J connectivity index is 2.36. The zero-order valence-corrected chi connectivity index (χ0v) is 13.7. The van der Waals surface area contributed by atoms with Crippen molar-refractivity contribution in [3.05, 3.63) is 28.2 Å². The predicted molar refractivity (Wildman–Crippen MR) is 83.7 cm³/mol.